The van der Waals surface area contributed by atoms with Gasteiger partial charge in [-0.3, -0.25) is 4.79 Å². The van der Waals surface area contributed by atoms with Crippen LogP contribution in [0.2, 0.25) is 0 Å². The fourth-order valence-electron chi connectivity index (χ4n) is 1.87. The van der Waals surface area contributed by atoms with E-state index in [1.165, 1.54) is 30.3 Å². The van der Waals surface area contributed by atoms with Gasteiger partial charge in [0.25, 0.3) is 0 Å². The van der Waals surface area contributed by atoms with Crippen LogP contribution in [-0.2, 0) is 10.5 Å². The summed E-state index contributed by atoms with van der Waals surface area (Å²) in [6.07, 6.45) is 1.72. The van der Waals surface area contributed by atoms with Crippen molar-refractivity contribution in [1.82, 2.24) is 0 Å². The number of anilines is 1. The molecule has 1 aromatic carbocycles. The molecule has 0 aromatic heterocycles. The number of allylic oxidation sites excluding steroid dienone is 3. The second-order valence-electron chi connectivity index (χ2n) is 4.17. The van der Waals surface area contributed by atoms with Crippen molar-refractivity contribution in [3.63, 3.8) is 0 Å². The Hall–Kier alpha value is -2.17. The van der Waals surface area contributed by atoms with Gasteiger partial charge < -0.3 is 11.5 Å². The van der Waals surface area contributed by atoms with Crippen molar-refractivity contribution in [3.8, 4) is 0 Å². The fraction of sp³-hybridized carbons (Fsp3) is 0.154. The summed E-state index contributed by atoms with van der Waals surface area (Å²) in [6.45, 7) is 0. The van der Waals surface area contributed by atoms with Gasteiger partial charge in [-0.15, -0.1) is 0 Å². The van der Waals surface area contributed by atoms with Gasteiger partial charge in [-0.25, -0.2) is 8.78 Å². The van der Waals surface area contributed by atoms with Crippen LogP contribution in [0.25, 0.3) is 0 Å². The smallest absolute Gasteiger partial charge is 0.244 e. The molecule has 2 rings (SSSR count). The number of carbonyl (C=O) groups is 1. The molecule has 1 amide bonds. The predicted octanol–water partition coefficient (Wildman–Crippen LogP) is 2.10. The van der Waals surface area contributed by atoms with Gasteiger partial charge in [0.1, 0.15) is 5.83 Å². The summed E-state index contributed by atoms with van der Waals surface area (Å²) in [4.78, 5) is 11.0. The van der Waals surface area contributed by atoms with Gasteiger partial charge in [-0.1, -0.05) is 18.2 Å². The van der Waals surface area contributed by atoms with Crippen molar-refractivity contribution in [2.75, 3.05) is 5.73 Å². The van der Waals surface area contributed by atoms with Crippen molar-refractivity contribution in [2.24, 2.45) is 5.73 Å². The number of amides is 1. The van der Waals surface area contributed by atoms with E-state index < -0.39 is 23.8 Å². The molecule has 1 unspecified atom stereocenters. The minimum atomic E-state index is -2.35. The van der Waals surface area contributed by atoms with Crippen LogP contribution >= 0.6 is 0 Å². The topological polar surface area (TPSA) is 69.1 Å². The highest BCUT2D eigenvalue weighted by Crippen LogP contribution is 2.43. The lowest BCUT2D eigenvalue weighted by molar-refractivity contribution is -0.115. The molecule has 4 N–H and O–H groups in total. The molecule has 94 valence electrons. The molecule has 1 atom stereocenters. The van der Waals surface area contributed by atoms with E-state index in [2.05, 4.69) is 0 Å². The van der Waals surface area contributed by atoms with Crippen molar-refractivity contribution < 1.29 is 13.6 Å². The fourth-order valence-corrected chi connectivity index (χ4v) is 1.87. The van der Waals surface area contributed by atoms with E-state index in [-0.39, 0.29) is 11.1 Å². The third-order valence-corrected chi connectivity index (χ3v) is 2.93. The van der Waals surface area contributed by atoms with Gasteiger partial charge in [0.05, 0.1) is 0 Å². The zero-order valence-electron chi connectivity index (χ0n) is 9.49. The van der Waals surface area contributed by atoms with Crippen LogP contribution in [-0.4, -0.2) is 5.91 Å². The Kier molecular flexibility index (Phi) is 2.90. The summed E-state index contributed by atoms with van der Waals surface area (Å²) >= 11 is 0. The summed E-state index contributed by atoms with van der Waals surface area (Å²) in [5.41, 5.74) is 8.84. The number of rotatable bonds is 2. The first-order chi connectivity index (χ1) is 8.43. The Morgan fingerprint density at radius 1 is 1.22 bits per heavy atom. The number of hydrogen-bond donors (Lipinski definition) is 2. The second-order valence-corrected chi connectivity index (χ2v) is 4.17. The predicted molar refractivity (Wildman–Crippen MR) is 64.7 cm³/mol. The monoisotopic (exact) mass is 250 g/mol. The van der Waals surface area contributed by atoms with Crippen LogP contribution in [0.3, 0.4) is 0 Å². The van der Waals surface area contributed by atoms with E-state index in [1.54, 1.807) is 0 Å². The molecule has 5 heteroatoms. The number of hydrogen-bond acceptors (Lipinski definition) is 2. The van der Waals surface area contributed by atoms with Crippen molar-refractivity contribution in [2.45, 2.75) is 12.1 Å². The van der Waals surface area contributed by atoms with Crippen LogP contribution in [0.5, 0.6) is 0 Å². The lowest BCUT2D eigenvalue weighted by Gasteiger charge is -2.27. The maximum atomic E-state index is 14.7. The number of nitrogen functional groups attached to an aromatic ring is 1. The summed E-state index contributed by atoms with van der Waals surface area (Å²) in [6, 6.07) is 5.75. The van der Waals surface area contributed by atoms with E-state index in [0.717, 1.165) is 6.08 Å². The number of carbonyl (C=O) groups excluding carboxylic acids is 1. The molecule has 0 radical (unpaired) electrons. The number of alkyl halides is 1. The third kappa shape index (κ3) is 1.99. The van der Waals surface area contributed by atoms with E-state index >= 15 is 0 Å². The Morgan fingerprint density at radius 2 is 1.83 bits per heavy atom. The van der Waals surface area contributed by atoms with Gasteiger partial charge in [0.2, 0.25) is 5.91 Å². The molecule has 1 aliphatic carbocycles. The van der Waals surface area contributed by atoms with Crippen molar-refractivity contribution in [3.05, 3.63) is 53.4 Å². The normalized spacial score (nSPS) is 23.2. The number of halogens is 2. The van der Waals surface area contributed by atoms with Gasteiger partial charge in [-0.05, 0) is 23.8 Å². The molecule has 18 heavy (non-hydrogen) atoms. The van der Waals surface area contributed by atoms with Crippen molar-refractivity contribution in [1.29, 1.82) is 0 Å². The first-order valence-corrected chi connectivity index (χ1v) is 5.35. The van der Waals surface area contributed by atoms with E-state index in [4.69, 9.17) is 11.5 Å². The quantitative estimate of drug-likeness (QED) is 0.789. The zero-order chi connectivity index (χ0) is 13.3. The first-order valence-electron chi connectivity index (χ1n) is 5.35. The number of primary amides is 1. The molecule has 0 heterocycles. The molecular formula is C13H12F2N2O. The van der Waals surface area contributed by atoms with Crippen LogP contribution in [0.15, 0.2) is 47.8 Å². The maximum absolute atomic E-state index is 14.7. The third-order valence-electron chi connectivity index (χ3n) is 2.93. The first kappa shape index (κ1) is 12.3. The highest BCUT2D eigenvalue weighted by Gasteiger charge is 2.40. The van der Waals surface area contributed by atoms with E-state index in [0.29, 0.717) is 5.69 Å². The Balaban J connectivity index is 2.43. The van der Waals surface area contributed by atoms with Crippen LogP contribution < -0.4 is 11.5 Å². The molecule has 0 saturated heterocycles. The minimum absolute atomic E-state index is 0.0516. The highest BCUT2D eigenvalue weighted by atomic mass is 19.2. The number of benzene rings is 1. The molecule has 0 fully saturated rings. The maximum Gasteiger partial charge on any atom is 0.244 e. The summed E-state index contributed by atoms with van der Waals surface area (Å²) < 4.78 is 28.4. The summed E-state index contributed by atoms with van der Waals surface area (Å²) in [5, 5.41) is 0. The number of nitrogens with two attached hydrogens (primary N) is 2. The standard InChI is InChI=1S/C13H12F2N2O/c14-11-6-1-8(12(17)18)7-13(11,15)9-2-4-10(16)5-3-9/h1-6H,7,16H2,(H2,17,18). The largest absolute Gasteiger partial charge is 0.399 e. The van der Waals surface area contributed by atoms with Gasteiger partial charge in [-0.2, -0.15) is 0 Å². The van der Waals surface area contributed by atoms with Crippen LogP contribution in [0, 0.1) is 0 Å². The minimum Gasteiger partial charge on any atom is -0.399 e. The van der Waals surface area contributed by atoms with Gasteiger partial charge >= 0.3 is 0 Å². The highest BCUT2D eigenvalue weighted by molar-refractivity contribution is 5.93. The molecule has 1 aliphatic rings. The van der Waals surface area contributed by atoms with Gasteiger partial charge in [0.15, 0.2) is 5.67 Å². The average molecular weight is 250 g/mol. The van der Waals surface area contributed by atoms with E-state index in [1.807, 2.05) is 0 Å². The van der Waals surface area contributed by atoms with Crippen LogP contribution in [0.1, 0.15) is 12.0 Å². The second kappa shape index (κ2) is 4.25. The molecular weight excluding hydrogens is 238 g/mol. The Morgan fingerprint density at radius 3 is 2.39 bits per heavy atom. The zero-order valence-corrected chi connectivity index (χ0v) is 9.49. The van der Waals surface area contributed by atoms with Gasteiger partial charge in [0, 0.05) is 17.7 Å². The lowest BCUT2D eigenvalue weighted by Crippen LogP contribution is -2.28. The molecule has 0 saturated carbocycles. The lowest BCUT2D eigenvalue weighted by atomic mass is 9.84. The Labute approximate surface area is 103 Å². The molecule has 1 aromatic rings. The van der Waals surface area contributed by atoms with E-state index in [9.17, 15) is 13.6 Å². The molecule has 0 bridgehead atoms. The van der Waals surface area contributed by atoms with Crippen molar-refractivity contribution >= 4 is 11.6 Å². The Bertz CT molecular complexity index is 549. The molecule has 0 aliphatic heterocycles. The van der Waals surface area contributed by atoms with Crippen LogP contribution in [0.4, 0.5) is 14.5 Å². The SMILES string of the molecule is NC(=O)C1=CC=C(F)C(F)(c2ccc(N)cc2)C1. The molecule has 0 spiro atoms. The summed E-state index contributed by atoms with van der Waals surface area (Å²) in [5.74, 6) is -1.70. The molecule has 3 nitrogen and oxygen atoms in total. The summed E-state index contributed by atoms with van der Waals surface area (Å²) in [7, 11) is 0. The average Bonchev–Trinajstić information content (AvgIpc) is 2.33.